The summed E-state index contributed by atoms with van der Waals surface area (Å²) in [5, 5.41) is 20.6. The second kappa shape index (κ2) is 4.97. The molecule has 0 atom stereocenters. The Balaban J connectivity index is 2.14. The van der Waals surface area contributed by atoms with E-state index in [-0.39, 0.29) is 44.9 Å². The third-order valence-corrected chi connectivity index (χ3v) is 4.08. The number of hydrogen-bond donors (Lipinski definition) is 2. The van der Waals surface area contributed by atoms with Crippen LogP contribution < -0.4 is 11.5 Å². The first kappa shape index (κ1) is 14.5. The Hall–Kier alpha value is -4.06. The van der Waals surface area contributed by atoms with Crippen molar-refractivity contribution >= 4 is 22.9 Å². The van der Waals surface area contributed by atoms with Gasteiger partial charge in [0.05, 0.1) is 22.5 Å². The second-order valence-electron chi connectivity index (χ2n) is 5.34. The van der Waals surface area contributed by atoms with E-state index in [1.165, 1.54) is 6.07 Å². The molecule has 0 saturated carbocycles. The lowest BCUT2D eigenvalue weighted by atomic mass is 9.81. The molecule has 0 unspecified atom stereocenters. The van der Waals surface area contributed by atoms with E-state index >= 15 is 0 Å². The summed E-state index contributed by atoms with van der Waals surface area (Å²) in [7, 11) is 0. The Morgan fingerprint density at radius 1 is 1.00 bits per heavy atom. The van der Waals surface area contributed by atoms with Crippen molar-refractivity contribution in [2.75, 3.05) is 11.5 Å². The van der Waals surface area contributed by atoms with Gasteiger partial charge in [-0.1, -0.05) is 24.3 Å². The fourth-order valence-electron chi connectivity index (χ4n) is 2.99. The topological polar surface area (TPSA) is 154 Å². The molecule has 0 aliphatic heterocycles. The summed E-state index contributed by atoms with van der Waals surface area (Å²) in [6.07, 6.45) is 1.15. The number of aromatic nitrogens is 4. The molecule has 120 valence electrons. The van der Waals surface area contributed by atoms with E-state index in [1.807, 2.05) is 6.07 Å². The maximum Gasteiger partial charge on any atom is 0.196 e. The molecule has 2 aromatic carbocycles. The highest BCUT2D eigenvalue weighted by atomic mass is 16.1. The molecule has 1 aromatic heterocycles. The minimum Gasteiger partial charge on any atom is -0.397 e. The van der Waals surface area contributed by atoms with Gasteiger partial charge in [-0.2, -0.15) is 5.26 Å². The summed E-state index contributed by atoms with van der Waals surface area (Å²) < 4.78 is 0. The second-order valence-corrected chi connectivity index (χ2v) is 5.34. The number of ketones is 2. The zero-order valence-electron chi connectivity index (χ0n) is 12.6. The lowest BCUT2D eigenvalue weighted by Crippen LogP contribution is -2.26. The molecule has 0 radical (unpaired) electrons. The molecule has 25 heavy (non-hydrogen) atoms. The number of hydrogen-bond acceptors (Lipinski definition) is 8. The molecule has 0 spiro atoms. The van der Waals surface area contributed by atoms with Crippen LogP contribution in [-0.4, -0.2) is 31.8 Å². The standard InChI is InChI=1S/C16H9N7O2/c17-5-9-12(18)10-11(13(19)14(9)23-21-6-20-22-23)16(25)8-4-2-1-3-7(8)15(10)24/h1-4,6H,18-19H2. The van der Waals surface area contributed by atoms with E-state index in [0.29, 0.717) is 0 Å². The third kappa shape index (κ3) is 1.79. The van der Waals surface area contributed by atoms with Crippen molar-refractivity contribution in [2.45, 2.75) is 0 Å². The fourth-order valence-corrected chi connectivity index (χ4v) is 2.99. The molecule has 1 aliphatic carbocycles. The van der Waals surface area contributed by atoms with Gasteiger partial charge in [0.2, 0.25) is 0 Å². The van der Waals surface area contributed by atoms with Gasteiger partial charge < -0.3 is 11.5 Å². The maximum absolute atomic E-state index is 12.9. The lowest BCUT2D eigenvalue weighted by Gasteiger charge is -2.22. The number of nitrogen functional groups attached to an aromatic ring is 2. The van der Waals surface area contributed by atoms with Gasteiger partial charge in [-0.3, -0.25) is 9.59 Å². The Morgan fingerprint density at radius 3 is 2.12 bits per heavy atom. The molecule has 0 saturated heterocycles. The Bertz CT molecular complexity index is 1110. The molecule has 4 N–H and O–H groups in total. The highest BCUT2D eigenvalue weighted by Gasteiger charge is 2.36. The van der Waals surface area contributed by atoms with E-state index in [4.69, 9.17) is 11.5 Å². The first-order valence-corrected chi connectivity index (χ1v) is 7.13. The number of carbonyl (C=O) groups excluding carboxylic acids is 2. The van der Waals surface area contributed by atoms with Crippen LogP contribution in [0.5, 0.6) is 0 Å². The summed E-state index contributed by atoms with van der Waals surface area (Å²) in [6.45, 7) is 0. The van der Waals surface area contributed by atoms with Gasteiger partial charge in [-0.25, -0.2) is 0 Å². The first-order chi connectivity index (χ1) is 12.1. The highest BCUT2D eigenvalue weighted by Crippen LogP contribution is 2.39. The molecule has 0 amide bonds. The molecule has 9 heteroatoms. The summed E-state index contributed by atoms with van der Waals surface area (Å²) in [6, 6.07) is 8.28. The number of fused-ring (bicyclic) bond motifs is 2. The van der Waals surface area contributed by atoms with Gasteiger partial charge in [0.1, 0.15) is 17.3 Å². The van der Waals surface area contributed by atoms with Gasteiger partial charge in [-0.15, -0.1) is 15.0 Å². The van der Waals surface area contributed by atoms with Crippen LogP contribution in [0.3, 0.4) is 0 Å². The summed E-state index contributed by atoms with van der Waals surface area (Å²) >= 11 is 0. The summed E-state index contributed by atoms with van der Waals surface area (Å²) in [4.78, 5) is 26.8. The third-order valence-electron chi connectivity index (χ3n) is 4.08. The number of anilines is 2. The van der Waals surface area contributed by atoms with Crippen molar-refractivity contribution in [3.63, 3.8) is 0 Å². The minimum atomic E-state index is -0.455. The molecule has 9 nitrogen and oxygen atoms in total. The summed E-state index contributed by atoms with van der Waals surface area (Å²) in [5.41, 5.74) is 12.3. The Kier molecular flexibility index (Phi) is 2.89. The molecular weight excluding hydrogens is 322 g/mol. The molecule has 0 fully saturated rings. The van der Waals surface area contributed by atoms with Crippen LogP contribution >= 0.6 is 0 Å². The summed E-state index contributed by atoms with van der Waals surface area (Å²) in [5.74, 6) is -0.899. The largest absolute Gasteiger partial charge is 0.397 e. The van der Waals surface area contributed by atoms with Crippen LogP contribution in [0, 0.1) is 11.3 Å². The SMILES string of the molecule is N#Cc1c(N)c2c(c(N)c1-n1ncnn1)C(=O)c1ccccc1C2=O. The van der Waals surface area contributed by atoms with Crippen molar-refractivity contribution in [1.82, 2.24) is 20.2 Å². The first-order valence-electron chi connectivity index (χ1n) is 7.13. The van der Waals surface area contributed by atoms with Crippen LogP contribution in [0.25, 0.3) is 5.69 Å². The molecule has 0 bridgehead atoms. The Labute approximate surface area is 140 Å². The molecule has 1 heterocycles. The molecule has 4 rings (SSSR count). The van der Waals surface area contributed by atoms with Crippen LogP contribution in [0.4, 0.5) is 11.4 Å². The number of benzene rings is 2. The van der Waals surface area contributed by atoms with Crippen molar-refractivity contribution in [2.24, 2.45) is 0 Å². The minimum absolute atomic E-state index is 0.0248. The van der Waals surface area contributed by atoms with Crippen molar-refractivity contribution < 1.29 is 9.59 Å². The van der Waals surface area contributed by atoms with Gasteiger partial charge in [0.25, 0.3) is 0 Å². The number of nitrogens with zero attached hydrogens (tertiary/aromatic N) is 5. The van der Waals surface area contributed by atoms with E-state index in [1.54, 1.807) is 18.2 Å². The van der Waals surface area contributed by atoms with E-state index in [0.717, 1.165) is 11.1 Å². The van der Waals surface area contributed by atoms with Crippen LogP contribution in [0.1, 0.15) is 37.4 Å². The maximum atomic E-state index is 12.9. The van der Waals surface area contributed by atoms with Gasteiger partial charge in [0.15, 0.2) is 17.9 Å². The molecular formula is C16H9N7O2. The average Bonchev–Trinajstić information content (AvgIpc) is 3.15. The predicted octanol–water partition coefficient (Wildman–Crippen LogP) is 0.474. The van der Waals surface area contributed by atoms with Crippen molar-refractivity contribution in [1.29, 1.82) is 5.26 Å². The van der Waals surface area contributed by atoms with E-state index in [9.17, 15) is 14.9 Å². The van der Waals surface area contributed by atoms with E-state index in [2.05, 4.69) is 15.4 Å². The van der Waals surface area contributed by atoms with Gasteiger partial charge >= 0.3 is 0 Å². The number of tetrazole rings is 1. The predicted molar refractivity (Wildman–Crippen MR) is 86.0 cm³/mol. The van der Waals surface area contributed by atoms with Crippen LogP contribution in [-0.2, 0) is 0 Å². The van der Waals surface area contributed by atoms with Gasteiger partial charge in [-0.05, 0) is 5.21 Å². The van der Waals surface area contributed by atoms with Crippen LogP contribution in [0.15, 0.2) is 30.6 Å². The van der Waals surface area contributed by atoms with Crippen molar-refractivity contribution in [3.8, 4) is 11.8 Å². The molecule has 3 aromatic rings. The van der Waals surface area contributed by atoms with Crippen LogP contribution in [0.2, 0.25) is 0 Å². The zero-order chi connectivity index (χ0) is 17.7. The van der Waals surface area contributed by atoms with Gasteiger partial charge in [0, 0.05) is 11.1 Å². The number of carbonyl (C=O) groups is 2. The Morgan fingerprint density at radius 2 is 1.60 bits per heavy atom. The number of nitriles is 1. The average molecular weight is 331 g/mol. The lowest BCUT2D eigenvalue weighted by molar-refractivity contribution is 0.0980. The smallest absolute Gasteiger partial charge is 0.196 e. The van der Waals surface area contributed by atoms with E-state index < -0.39 is 11.6 Å². The monoisotopic (exact) mass is 331 g/mol. The number of rotatable bonds is 1. The normalized spacial score (nSPS) is 12.4. The quantitative estimate of drug-likeness (QED) is 0.477. The van der Waals surface area contributed by atoms with Crippen molar-refractivity contribution in [3.05, 3.63) is 58.4 Å². The number of nitrogens with two attached hydrogens (primary N) is 2. The molecule has 1 aliphatic rings. The highest BCUT2D eigenvalue weighted by molar-refractivity contribution is 6.32. The zero-order valence-corrected chi connectivity index (χ0v) is 12.6. The fraction of sp³-hybridized carbons (Fsp3) is 0.